The zero-order valence-electron chi connectivity index (χ0n) is 10.1. The molecule has 0 spiro atoms. The first-order chi connectivity index (χ1) is 8.10. The molecule has 0 unspecified atom stereocenters. The molecule has 0 amide bonds. The van der Waals surface area contributed by atoms with Gasteiger partial charge in [-0.15, -0.1) is 0 Å². The predicted octanol–water partition coefficient (Wildman–Crippen LogP) is 3.87. The Morgan fingerprint density at radius 3 is 2.59 bits per heavy atom. The number of nitrogens with zero attached hydrogens (tertiary/aromatic N) is 2. The van der Waals surface area contributed by atoms with E-state index in [0.717, 1.165) is 31.6 Å². The number of halogens is 1. The molecule has 1 aromatic rings. The number of benzene rings is 1. The highest BCUT2D eigenvalue weighted by molar-refractivity contribution is 6.33. The van der Waals surface area contributed by atoms with E-state index in [1.165, 1.54) is 12.1 Å². The summed E-state index contributed by atoms with van der Waals surface area (Å²) in [7, 11) is 0. The summed E-state index contributed by atoms with van der Waals surface area (Å²) in [6.45, 7) is 5.95. The Morgan fingerprint density at radius 2 is 2.12 bits per heavy atom. The van der Waals surface area contributed by atoms with Gasteiger partial charge in [0.1, 0.15) is 0 Å². The highest BCUT2D eigenvalue weighted by Crippen LogP contribution is 2.29. The summed E-state index contributed by atoms with van der Waals surface area (Å²) >= 11 is 6.08. The van der Waals surface area contributed by atoms with Crippen LogP contribution in [-0.4, -0.2) is 18.0 Å². The number of unbranched alkanes of at least 4 members (excludes halogenated alkanes) is 1. The zero-order valence-corrected chi connectivity index (χ0v) is 10.9. The monoisotopic (exact) mass is 256 g/mol. The van der Waals surface area contributed by atoms with Crippen LogP contribution in [-0.2, 0) is 0 Å². The summed E-state index contributed by atoms with van der Waals surface area (Å²) in [5, 5.41) is 11.1. The largest absolute Gasteiger partial charge is 0.371 e. The molecule has 0 N–H and O–H groups in total. The fourth-order valence-electron chi connectivity index (χ4n) is 1.66. The molecule has 0 aliphatic heterocycles. The maximum Gasteiger partial charge on any atom is 0.271 e. The number of anilines is 1. The lowest BCUT2D eigenvalue weighted by Crippen LogP contribution is -2.24. The van der Waals surface area contributed by atoms with Crippen LogP contribution in [0, 0.1) is 10.1 Å². The van der Waals surface area contributed by atoms with Crippen molar-refractivity contribution in [1.29, 1.82) is 0 Å². The lowest BCUT2D eigenvalue weighted by atomic mass is 10.2. The van der Waals surface area contributed by atoms with E-state index in [2.05, 4.69) is 11.8 Å². The Morgan fingerprint density at radius 1 is 1.41 bits per heavy atom. The van der Waals surface area contributed by atoms with Gasteiger partial charge in [0, 0.05) is 25.2 Å². The summed E-state index contributed by atoms with van der Waals surface area (Å²) in [5.41, 5.74) is 0.901. The molecule has 4 nitrogen and oxygen atoms in total. The normalized spacial score (nSPS) is 10.3. The molecule has 17 heavy (non-hydrogen) atoms. The molecule has 0 saturated heterocycles. The first kappa shape index (κ1) is 13.8. The summed E-state index contributed by atoms with van der Waals surface area (Å²) in [4.78, 5) is 12.3. The third kappa shape index (κ3) is 3.60. The van der Waals surface area contributed by atoms with Crippen LogP contribution in [0.15, 0.2) is 18.2 Å². The number of hydrogen-bond donors (Lipinski definition) is 0. The van der Waals surface area contributed by atoms with Crippen LogP contribution in [0.25, 0.3) is 0 Å². The van der Waals surface area contributed by atoms with Crippen molar-refractivity contribution >= 4 is 23.0 Å². The standard InChI is InChI=1S/C12H17ClN2O2/c1-3-5-8-14(4-2)12-7-6-10(15(16)17)9-11(12)13/h6-7,9H,3-5,8H2,1-2H3. The van der Waals surface area contributed by atoms with Gasteiger partial charge in [-0.1, -0.05) is 24.9 Å². The van der Waals surface area contributed by atoms with Gasteiger partial charge in [-0.2, -0.15) is 0 Å². The summed E-state index contributed by atoms with van der Waals surface area (Å²) in [5.74, 6) is 0. The van der Waals surface area contributed by atoms with Gasteiger partial charge in [-0.05, 0) is 19.4 Å². The zero-order chi connectivity index (χ0) is 12.8. The Balaban J connectivity index is 2.92. The Bertz CT molecular complexity index is 396. The molecule has 1 rings (SSSR count). The lowest BCUT2D eigenvalue weighted by Gasteiger charge is -2.23. The molecule has 0 aromatic heterocycles. The average molecular weight is 257 g/mol. The van der Waals surface area contributed by atoms with Crippen LogP contribution in [0.2, 0.25) is 5.02 Å². The third-order valence-corrected chi connectivity index (χ3v) is 2.95. The molecule has 0 saturated carbocycles. The van der Waals surface area contributed by atoms with E-state index in [1.807, 2.05) is 6.92 Å². The van der Waals surface area contributed by atoms with Crippen molar-refractivity contribution in [2.24, 2.45) is 0 Å². The second-order valence-electron chi connectivity index (χ2n) is 3.83. The molecule has 5 heteroatoms. The molecule has 0 bridgehead atoms. The summed E-state index contributed by atoms with van der Waals surface area (Å²) in [6.07, 6.45) is 2.20. The van der Waals surface area contributed by atoms with Crippen molar-refractivity contribution in [1.82, 2.24) is 0 Å². The van der Waals surface area contributed by atoms with Gasteiger partial charge in [0.15, 0.2) is 0 Å². The van der Waals surface area contributed by atoms with E-state index in [4.69, 9.17) is 11.6 Å². The van der Waals surface area contributed by atoms with Gasteiger partial charge < -0.3 is 4.90 Å². The summed E-state index contributed by atoms with van der Waals surface area (Å²) in [6, 6.07) is 4.63. The van der Waals surface area contributed by atoms with Crippen molar-refractivity contribution in [3.63, 3.8) is 0 Å². The SMILES string of the molecule is CCCCN(CC)c1ccc([N+](=O)[O-])cc1Cl. The molecule has 0 atom stereocenters. The van der Waals surface area contributed by atoms with Crippen LogP contribution in [0.4, 0.5) is 11.4 Å². The number of non-ortho nitro benzene ring substituents is 1. The quantitative estimate of drug-likeness (QED) is 0.573. The smallest absolute Gasteiger partial charge is 0.271 e. The van der Waals surface area contributed by atoms with E-state index >= 15 is 0 Å². The molecule has 0 aliphatic rings. The molecule has 0 heterocycles. The predicted molar refractivity (Wildman–Crippen MR) is 70.9 cm³/mol. The maximum absolute atomic E-state index is 10.6. The van der Waals surface area contributed by atoms with Gasteiger partial charge in [-0.25, -0.2) is 0 Å². The van der Waals surface area contributed by atoms with Crippen LogP contribution in [0.3, 0.4) is 0 Å². The van der Waals surface area contributed by atoms with Gasteiger partial charge in [-0.3, -0.25) is 10.1 Å². The topological polar surface area (TPSA) is 46.4 Å². The number of nitro groups is 1. The Kier molecular flexibility index (Phi) is 5.22. The van der Waals surface area contributed by atoms with Crippen molar-refractivity contribution < 1.29 is 4.92 Å². The fourth-order valence-corrected chi connectivity index (χ4v) is 1.96. The van der Waals surface area contributed by atoms with Crippen LogP contribution in [0.5, 0.6) is 0 Å². The van der Waals surface area contributed by atoms with Gasteiger partial charge in [0.2, 0.25) is 0 Å². The molecule has 0 aliphatic carbocycles. The van der Waals surface area contributed by atoms with Crippen molar-refractivity contribution in [3.05, 3.63) is 33.3 Å². The number of rotatable bonds is 6. The van der Waals surface area contributed by atoms with E-state index in [0.29, 0.717) is 5.02 Å². The third-order valence-electron chi connectivity index (χ3n) is 2.65. The molecule has 0 fully saturated rings. The van der Waals surface area contributed by atoms with Crippen molar-refractivity contribution in [3.8, 4) is 0 Å². The highest BCUT2D eigenvalue weighted by Gasteiger charge is 2.13. The minimum Gasteiger partial charge on any atom is -0.371 e. The first-order valence-corrected chi connectivity index (χ1v) is 6.16. The number of nitro benzene ring substituents is 1. The molecule has 0 radical (unpaired) electrons. The summed E-state index contributed by atoms with van der Waals surface area (Å²) < 4.78 is 0. The number of hydrogen-bond acceptors (Lipinski definition) is 3. The highest BCUT2D eigenvalue weighted by atomic mass is 35.5. The molecular formula is C12H17ClN2O2. The average Bonchev–Trinajstić information content (AvgIpc) is 2.31. The second kappa shape index (κ2) is 6.45. The van der Waals surface area contributed by atoms with E-state index < -0.39 is 4.92 Å². The second-order valence-corrected chi connectivity index (χ2v) is 4.23. The van der Waals surface area contributed by atoms with E-state index in [1.54, 1.807) is 6.07 Å². The minimum absolute atomic E-state index is 0.0327. The lowest BCUT2D eigenvalue weighted by molar-refractivity contribution is -0.384. The van der Waals surface area contributed by atoms with Gasteiger partial charge in [0.05, 0.1) is 15.6 Å². The van der Waals surface area contributed by atoms with Crippen LogP contribution < -0.4 is 4.90 Å². The molecule has 1 aromatic carbocycles. The molecular weight excluding hydrogens is 240 g/mol. The van der Waals surface area contributed by atoms with E-state index in [-0.39, 0.29) is 5.69 Å². The van der Waals surface area contributed by atoms with Gasteiger partial charge in [0.25, 0.3) is 5.69 Å². The van der Waals surface area contributed by atoms with Crippen molar-refractivity contribution in [2.45, 2.75) is 26.7 Å². The fraction of sp³-hybridized carbons (Fsp3) is 0.500. The first-order valence-electron chi connectivity index (χ1n) is 5.79. The van der Waals surface area contributed by atoms with Crippen LogP contribution >= 0.6 is 11.6 Å². The Labute approximate surface area is 106 Å². The maximum atomic E-state index is 10.6. The minimum atomic E-state index is -0.433. The molecule has 94 valence electrons. The van der Waals surface area contributed by atoms with Gasteiger partial charge >= 0.3 is 0 Å². The van der Waals surface area contributed by atoms with Crippen LogP contribution in [0.1, 0.15) is 26.7 Å². The Hall–Kier alpha value is -1.29. The van der Waals surface area contributed by atoms with E-state index in [9.17, 15) is 10.1 Å². The van der Waals surface area contributed by atoms with Crippen molar-refractivity contribution in [2.75, 3.05) is 18.0 Å².